The van der Waals surface area contributed by atoms with Gasteiger partial charge >= 0.3 is 0 Å². The van der Waals surface area contributed by atoms with Crippen LogP contribution >= 0.6 is 58.0 Å². The molecule has 5 aromatic carbocycles. The standard InChI is InChI=1S/C14H15ClN4O.C14H18ClN3O2S.C13H15ClN4O2S.C13H17ClN4O2S.C13H15ClN4O/c1-8(20)18-6-11-4-10(18)7-19(11)14-3-9(15)2-13-12(14)5-16-17-13;1-21(19,20)18-11-4-2-9(3-5-11)12-6-10(15)7-14-13(12)8-16-17-14;1-21(19,20)18-7-9-4-10(18)6-17(9)13-3-8(14)2-12-11(13)5-15-16-12;1-9-8-17(21(2,19)20)3-4-18(9)13-6-10(14)5-12-11(13)7-15-16-12;14-9-4-11-10(6-16-17-11)12(5-9)18-3-1-2-8(7-18)13(15)19/h2-3,5,10-11H,4,6-7H2,1H3,(H,16,17);6-9,11,18H,2-5H2,1H3,(H,16,17);2-3,5,9-10H,4,6-7H2,1H3,(H,15,16);5-7,9H,3-4,8H2,1-2H3,(H,15,16);4-6,8H,1-3,7H2,(H2,15,19)(H,16,17)/t;;;9-;/m...0./s1. The average Bonchev–Trinajstić information content (AvgIpc) is 1.59. The van der Waals surface area contributed by atoms with E-state index in [9.17, 15) is 34.8 Å². The Balaban J connectivity index is 0.000000114. The number of nitrogens with zero attached hydrogens (tertiary/aromatic N) is 12. The third kappa shape index (κ3) is 16.0. The van der Waals surface area contributed by atoms with Crippen LogP contribution in [0.3, 0.4) is 0 Å². The molecule has 5 unspecified atom stereocenters. The maximum atomic E-state index is 11.8. The van der Waals surface area contributed by atoms with Crippen LogP contribution in [0.25, 0.3) is 54.5 Å². The number of likely N-dealkylation sites (tertiary alicyclic amines) is 1. The van der Waals surface area contributed by atoms with Crippen LogP contribution < -0.4 is 30.1 Å². The lowest BCUT2D eigenvalue weighted by atomic mass is 9.81. The van der Waals surface area contributed by atoms with Crippen molar-refractivity contribution in [2.45, 2.75) is 107 Å². The van der Waals surface area contributed by atoms with Crippen LogP contribution in [-0.4, -0.2) is 215 Å². The number of carbonyl (C=O) groups excluding carboxylic acids is 2. The molecule has 1 aliphatic carbocycles. The monoisotopic (exact) mass is 1550 g/mol. The predicted molar refractivity (Wildman–Crippen MR) is 404 cm³/mol. The van der Waals surface area contributed by atoms with Gasteiger partial charge in [0.15, 0.2) is 0 Å². The number of hydrogen-bond acceptors (Lipinski definition) is 17. The van der Waals surface area contributed by atoms with Crippen LogP contribution in [0.1, 0.15) is 76.7 Å². The van der Waals surface area contributed by atoms with E-state index >= 15 is 0 Å². The number of hydrogen-bond donors (Lipinski definition) is 7. The minimum Gasteiger partial charge on any atom is -0.370 e. The van der Waals surface area contributed by atoms with E-state index in [0.717, 1.165) is 148 Å². The Labute approximate surface area is 615 Å². The number of carbonyl (C=O) groups is 2. The highest BCUT2D eigenvalue weighted by Crippen LogP contribution is 2.43. The third-order valence-corrected chi connectivity index (χ3v) is 24.9. The molecule has 2 amide bonds. The number of benzene rings is 5. The molecule has 27 nitrogen and oxygen atoms in total. The van der Waals surface area contributed by atoms with Crippen LogP contribution in [0, 0.1) is 5.92 Å². The van der Waals surface area contributed by atoms with Crippen LogP contribution in [0.15, 0.2) is 91.6 Å². The molecule has 6 atom stereocenters. The minimum atomic E-state index is -3.14. The number of piperazine rings is 3. The SMILES string of the molecule is CC(=O)N1CC2CC1CN2c1cc(Cl)cc2[nH]ncc12.CS(=O)(=O)N1CC2CC1CN2c1cc(Cl)cc2[nH]ncc12.CS(=O)(=O)NC1CCC(c2cc(Cl)cc3[nH]ncc23)CC1.C[C@H]1CN(S(C)(=O)=O)CCN1c1cc(Cl)cc2[nH]ncc12.NC(=O)C1CCCN(c2cc(Cl)cc3[nH]ncc23)C1. The summed E-state index contributed by atoms with van der Waals surface area (Å²) in [5.74, 6) is 0.267. The van der Waals surface area contributed by atoms with Gasteiger partial charge in [-0.2, -0.15) is 34.1 Å². The summed E-state index contributed by atoms with van der Waals surface area (Å²) in [4.78, 5) is 33.9. The summed E-state index contributed by atoms with van der Waals surface area (Å²) in [6.07, 6.45) is 20.1. The molecule has 544 valence electrons. The van der Waals surface area contributed by atoms with Crippen LogP contribution in [0.4, 0.5) is 22.7 Å². The molecule has 4 bridgehead atoms. The molecule has 1 saturated carbocycles. The number of H-pyrrole nitrogens is 5. The van der Waals surface area contributed by atoms with Crippen molar-refractivity contribution in [3.63, 3.8) is 0 Å². The second-order valence-corrected chi connectivity index (χ2v) is 35.4. The topological polar surface area (TPSA) is 341 Å². The van der Waals surface area contributed by atoms with Crippen LogP contribution in [-0.2, 0) is 39.7 Å². The molecule has 7 aliphatic rings. The number of aromatic nitrogens is 10. The normalized spacial score (nSPS) is 23.1. The number of nitrogens with two attached hydrogens (primary N) is 1. The van der Waals surface area contributed by atoms with Crippen LogP contribution in [0.2, 0.25) is 25.1 Å². The average molecular weight is 1550 g/mol. The molecular weight excluding hydrogens is 1470 g/mol. The fraction of sp³-hybridized carbons (Fsp3) is 0.448. The van der Waals surface area contributed by atoms with Crippen molar-refractivity contribution < 1.29 is 34.8 Å². The zero-order valence-corrected chi connectivity index (χ0v) is 62.9. The first-order valence-corrected chi connectivity index (χ1v) is 41.1. The molecule has 5 aromatic heterocycles. The van der Waals surface area contributed by atoms with E-state index in [1.165, 1.54) is 28.6 Å². The maximum absolute atomic E-state index is 11.8. The number of aromatic amines is 5. The maximum Gasteiger partial charge on any atom is 0.222 e. The van der Waals surface area contributed by atoms with Gasteiger partial charge in [0.1, 0.15) is 0 Å². The number of sulfonamides is 3. The Bertz CT molecular complexity index is 5050. The zero-order valence-electron chi connectivity index (χ0n) is 56.6. The molecule has 17 rings (SSSR count). The number of fused-ring (bicyclic) bond motifs is 9. The fourth-order valence-electron chi connectivity index (χ4n) is 15.9. The summed E-state index contributed by atoms with van der Waals surface area (Å²) in [5.41, 5.74) is 15.4. The number of rotatable bonds is 10. The van der Waals surface area contributed by atoms with Crippen molar-refractivity contribution in [1.82, 2.24) is 69.2 Å². The van der Waals surface area contributed by atoms with Gasteiger partial charge in [-0.3, -0.25) is 35.1 Å². The number of primary amides is 1. The molecule has 8 N–H and O–H groups in total. The quantitative estimate of drug-likeness (QED) is 0.0669. The lowest BCUT2D eigenvalue weighted by molar-refractivity contribution is -0.129. The second kappa shape index (κ2) is 29.7. The number of nitrogens with one attached hydrogen (secondary N) is 6. The van der Waals surface area contributed by atoms with Crippen molar-refractivity contribution in [3.8, 4) is 0 Å². The first kappa shape index (κ1) is 73.1. The largest absolute Gasteiger partial charge is 0.370 e. The van der Waals surface area contributed by atoms with Gasteiger partial charge < -0.3 is 30.2 Å². The van der Waals surface area contributed by atoms with Crippen LogP contribution in [0.5, 0.6) is 0 Å². The Morgan fingerprint density at radius 2 is 0.931 bits per heavy atom. The van der Waals surface area contributed by atoms with E-state index < -0.39 is 30.1 Å². The van der Waals surface area contributed by atoms with Crippen molar-refractivity contribution >= 4 is 177 Å². The number of anilines is 4. The molecular formula is C67H80Cl5N19O8S3. The highest BCUT2D eigenvalue weighted by atomic mass is 35.5. The van der Waals surface area contributed by atoms with E-state index in [0.29, 0.717) is 82.4 Å². The predicted octanol–water partition coefficient (Wildman–Crippen LogP) is 9.86. The Hall–Kier alpha value is -7.23. The number of amides is 2. The van der Waals surface area contributed by atoms with Gasteiger partial charge in [-0.05, 0) is 130 Å². The Morgan fingerprint density at radius 3 is 1.36 bits per heavy atom. The smallest absolute Gasteiger partial charge is 0.222 e. The second-order valence-electron chi connectivity index (χ2n) is 27.5. The molecule has 6 saturated heterocycles. The van der Waals surface area contributed by atoms with E-state index in [-0.39, 0.29) is 41.9 Å². The first-order chi connectivity index (χ1) is 48.5. The summed E-state index contributed by atoms with van der Waals surface area (Å²) in [6.45, 7) is 9.77. The molecule has 11 heterocycles. The third-order valence-electron chi connectivity index (χ3n) is 20.5. The summed E-state index contributed by atoms with van der Waals surface area (Å²) in [7, 11) is -9.38. The van der Waals surface area contributed by atoms with E-state index in [2.05, 4.69) is 75.3 Å². The van der Waals surface area contributed by atoms with E-state index in [1.54, 1.807) is 29.8 Å². The van der Waals surface area contributed by atoms with Gasteiger partial charge in [-0.25, -0.2) is 30.0 Å². The molecule has 0 spiro atoms. The number of piperidine rings is 1. The Kier molecular flexibility index (Phi) is 21.3. The summed E-state index contributed by atoms with van der Waals surface area (Å²) in [6, 6.07) is 20.2. The lowest BCUT2D eigenvalue weighted by Crippen LogP contribution is -2.53. The summed E-state index contributed by atoms with van der Waals surface area (Å²) >= 11 is 30.9. The van der Waals surface area contributed by atoms with Gasteiger partial charge in [0.05, 0.1) is 89.3 Å². The zero-order chi connectivity index (χ0) is 72.3. The lowest BCUT2D eigenvalue weighted by Gasteiger charge is -2.40. The fourth-order valence-corrected chi connectivity index (χ4v) is 19.8. The van der Waals surface area contributed by atoms with Gasteiger partial charge in [0.2, 0.25) is 41.9 Å². The van der Waals surface area contributed by atoms with Gasteiger partial charge in [0.25, 0.3) is 0 Å². The summed E-state index contributed by atoms with van der Waals surface area (Å²) in [5, 5.41) is 43.7. The van der Waals surface area contributed by atoms with Gasteiger partial charge in [-0.15, -0.1) is 0 Å². The van der Waals surface area contributed by atoms with Crippen molar-refractivity contribution in [2.75, 3.05) is 97.3 Å². The first-order valence-electron chi connectivity index (χ1n) is 33.6. The van der Waals surface area contributed by atoms with Gasteiger partial charge in [0, 0.05) is 171 Å². The molecule has 102 heavy (non-hydrogen) atoms. The van der Waals surface area contributed by atoms with Crippen molar-refractivity contribution in [1.29, 1.82) is 0 Å². The molecule has 0 radical (unpaired) electrons. The van der Waals surface area contributed by atoms with Crippen molar-refractivity contribution in [3.05, 3.63) is 122 Å². The van der Waals surface area contributed by atoms with E-state index in [4.69, 9.17) is 63.7 Å². The molecule has 7 fully saturated rings. The molecule has 10 aromatic rings. The van der Waals surface area contributed by atoms with Crippen molar-refractivity contribution in [2.24, 2.45) is 11.7 Å². The highest BCUT2D eigenvalue weighted by Gasteiger charge is 2.48. The molecule has 6 aliphatic heterocycles. The summed E-state index contributed by atoms with van der Waals surface area (Å²) < 4.78 is 75.3. The minimum absolute atomic E-state index is 0.0512. The Morgan fingerprint density at radius 1 is 0.490 bits per heavy atom. The highest BCUT2D eigenvalue weighted by molar-refractivity contribution is 7.89. The van der Waals surface area contributed by atoms with Gasteiger partial charge in [-0.1, -0.05) is 58.0 Å². The molecule has 35 heteroatoms. The number of halogens is 5. The van der Waals surface area contributed by atoms with E-state index in [1.807, 2.05) is 84.9 Å².